The summed E-state index contributed by atoms with van der Waals surface area (Å²) in [6.45, 7) is 3.27. The summed E-state index contributed by atoms with van der Waals surface area (Å²) in [6.07, 6.45) is 2.58. The smallest absolute Gasteiger partial charge is 0.356 e. The van der Waals surface area contributed by atoms with Gasteiger partial charge in [0.05, 0.1) is 0 Å². The molecule has 3 aromatic rings. The number of rotatable bonds is 6. The summed E-state index contributed by atoms with van der Waals surface area (Å²) in [6, 6.07) is 8.01. The molecule has 0 aliphatic rings. The first-order valence-corrected chi connectivity index (χ1v) is 7.93. The van der Waals surface area contributed by atoms with Gasteiger partial charge in [0.15, 0.2) is 5.69 Å². The van der Waals surface area contributed by atoms with Gasteiger partial charge in [0, 0.05) is 49.3 Å². The molecule has 0 radical (unpaired) electrons. The third-order valence-electron chi connectivity index (χ3n) is 4.08. The number of aryl methyl sites for hydroxylation is 2. The molecule has 3 rings (SSSR count). The summed E-state index contributed by atoms with van der Waals surface area (Å²) < 4.78 is 7.47. The highest BCUT2D eigenvalue weighted by Crippen LogP contribution is 2.27. The summed E-state index contributed by atoms with van der Waals surface area (Å²) in [5.41, 5.74) is 2.87. The lowest BCUT2D eigenvalue weighted by atomic mass is 10.1. The third kappa shape index (κ3) is 3.05. The fourth-order valence-electron chi connectivity index (χ4n) is 3.06. The van der Waals surface area contributed by atoms with E-state index >= 15 is 0 Å². The molecular weight excluding hydrogens is 306 g/mol. The standard InChI is InChI=1S/C18H21N3O3/c1-4-15-14(13-7-5-6-8-16(13)24-15)11-20(2)9-12-10-21(3)19-17(12)18(22)23/h5-8,10H,4,9,11H2,1-3H3,(H,22,23). The maximum Gasteiger partial charge on any atom is 0.356 e. The van der Waals surface area contributed by atoms with Crippen molar-refractivity contribution in [3.05, 3.63) is 53.0 Å². The van der Waals surface area contributed by atoms with Crippen molar-refractivity contribution in [3.8, 4) is 0 Å². The minimum atomic E-state index is -0.998. The van der Waals surface area contributed by atoms with Crippen LogP contribution in [0.2, 0.25) is 0 Å². The van der Waals surface area contributed by atoms with E-state index in [9.17, 15) is 9.90 Å². The van der Waals surface area contributed by atoms with Crippen molar-refractivity contribution in [2.75, 3.05) is 7.05 Å². The van der Waals surface area contributed by atoms with Gasteiger partial charge >= 0.3 is 5.97 Å². The summed E-state index contributed by atoms with van der Waals surface area (Å²) >= 11 is 0. The number of carboxylic acids is 1. The van der Waals surface area contributed by atoms with Gasteiger partial charge < -0.3 is 9.52 Å². The van der Waals surface area contributed by atoms with Gasteiger partial charge in [-0.2, -0.15) is 5.10 Å². The zero-order valence-electron chi connectivity index (χ0n) is 14.1. The largest absolute Gasteiger partial charge is 0.476 e. The predicted octanol–water partition coefficient (Wildman–Crippen LogP) is 3.06. The van der Waals surface area contributed by atoms with Crippen LogP contribution >= 0.6 is 0 Å². The van der Waals surface area contributed by atoms with Crippen molar-refractivity contribution < 1.29 is 14.3 Å². The van der Waals surface area contributed by atoms with Gasteiger partial charge in [-0.15, -0.1) is 0 Å². The van der Waals surface area contributed by atoms with Crippen molar-refractivity contribution in [1.29, 1.82) is 0 Å². The average molecular weight is 327 g/mol. The number of para-hydroxylation sites is 1. The number of hydrogen-bond donors (Lipinski definition) is 1. The number of aromatic carboxylic acids is 1. The van der Waals surface area contributed by atoms with E-state index in [0.717, 1.165) is 28.7 Å². The summed E-state index contributed by atoms with van der Waals surface area (Å²) in [4.78, 5) is 13.4. The maximum absolute atomic E-state index is 11.3. The number of aromatic nitrogens is 2. The highest BCUT2D eigenvalue weighted by atomic mass is 16.4. The van der Waals surface area contributed by atoms with Crippen LogP contribution in [0.3, 0.4) is 0 Å². The van der Waals surface area contributed by atoms with Crippen molar-refractivity contribution >= 4 is 16.9 Å². The molecular formula is C18H21N3O3. The fraction of sp³-hybridized carbons (Fsp3) is 0.333. The molecule has 0 aliphatic carbocycles. The Balaban J connectivity index is 1.85. The van der Waals surface area contributed by atoms with Crippen LogP contribution in [0.25, 0.3) is 11.0 Å². The number of carbonyl (C=O) groups is 1. The lowest BCUT2D eigenvalue weighted by Crippen LogP contribution is -2.19. The zero-order valence-corrected chi connectivity index (χ0v) is 14.1. The molecule has 2 aromatic heterocycles. The van der Waals surface area contributed by atoms with Crippen molar-refractivity contribution in [1.82, 2.24) is 14.7 Å². The lowest BCUT2D eigenvalue weighted by molar-refractivity contribution is 0.0687. The second kappa shape index (κ2) is 6.49. The molecule has 24 heavy (non-hydrogen) atoms. The number of carboxylic acid groups (broad SMARTS) is 1. The van der Waals surface area contributed by atoms with Gasteiger partial charge in [-0.05, 0) is 13.1 Å². The molecule has 0 bridgehead atoms. The van der Waals surface area contributed by atoms with Gasteiger partial charge in [-0.3, -0.25) is 9.58 Å². The van der Waals surface area contributed by atoms with E-state index in [1.807, 2.05) is 25.2 Å². The highest BCUT2D eigenvalue weighted by Gasteiger charge is 2.18. The van der Waals surface area contributed by atoms with Gasteiger partial charge in [0.25, 0.3) is 0 Å². The number of furan rings is 1. The molecule has 2 heterocycles. The lowest BCUT2D eigenvalue weighted by Gasteiger charge is -2.16. The van der Waals surface area contributed by atoms with Crippen molar-refractivity contribution in [2.45, 2.75) is 26.4 Å². The Hall–Kier alpha value is -2.60. The van der Waals surface area contributed by atoms with Crippen LogP contribution in [-0.4, -0.2) is 32.8 Å². The normalized spacial score (nSPS) is 11.5. The number of hydrogen-bond acceptors (Lipinski definition) is 4. The molecule has 0 atom stereocenters. The fourth-order valence-corrected chi connectivity index (χ4v) is 3.06. The van der Waals surface area contributed by atoms with E-state index in [0.29, 0.717) is 18.7 Å². The molecule has 0 amide bonds. The first-order chi connectivity index (χ1) is 11.5. The molecule has 0 aliphatic heterocycles. The van der Waals surface area contributed by atoms with Crippen LogP contribution in [0.5, 0.6) is 0 Å². The molecule has 0 unspecified atom stereocenters. The zero-order chi connectivity index (χ0) is 17.3. The molecule has 0 fully saturated rings. The predicted molar refractivity (Wildman–Crippen MR) is 90.9 cm³/mol. The van der Waals surface area contributed by atoms with Gasteiger partial charge in [-0.1, -0.05) is 25.1 Å². The van der Waals surface area contributed by atoms with Crippen LogP contribution in [0.15, 0.2) is 34.9 Å². The Labute approximate surface area is 140 Å². The molecule has 1 aromatic carbocycles. The highest BCUT2D eigenvalue weighted by molar-refractivity contribution is 5.87. The second-order valence-electron chi connectivity index (χ2n) is 6.01. The molecule has 1 N–H and O–H groups in total. The summed E-state index contributed by atoms with van der Waals surface area (Å²) in [7, 11) is 3.70. The molecule has 0 spiro atoms. The number of fused-ring (bicyclic) bond motifs is 1. The van der Waals surface area contributed by atoms with Crippen molar-refractivity contribution in [2.24, 2.45) is 7.05 Å². The Morgan fingerprint density at radius 2 is 2.08 bits per heavy atom. The number of nitrogens with zero attached hydrogens (tertiary/aromatic N) is 3. The van der Waals surface area contributed by atoms with Crippen LogP contribution < -0.4 is 0 Å². The van der Waals surface area contributed by atoms with Gasteiger partial charge in [0.1, 0.15) is 11.3 Å². The van der Waals surface area contributed by atoms with E-state index < -0.39 is 5.97 Å². The Morgan fingerprint density at radius 1 is 1.33 bits per heavy atom. The minimum Gasteiger partial charge on any atom is -0.476 e. The van der Waals surface area contributed by atoms with E-state index in [1.54, 1.807) is 13.2 Å². The maximum atomic E-state index is 11.3. The quantitative estimate of drug-likeness (QED) is 0.753. The second-order valence-corrected chi connectivity index (χ2v) is 6.01. The van der Waals surface area contributed by atoms with E-state index in [1.165, 1.54) is 4.68 Å². The van der Waals surface area contributed by atoms with Crippen LogP contribution in [-0.2, 0) is 26.6 Å². The Bertz CT molecular complexity index is 879. The van der Waals surface area contributed by atoms with E-state index in [4.69, 9.17) is 4.42 Å². The first-order valence-electron chi connectivity index (χ1n) is 7.93. The summed E-state index contributed by atoms with van der Waals surface area (Å²) in [5, 5.41) is 14.4. The summed E-state index contributed by atoms with van der Waals surface area (Å²) in [5.74, 6) is -0.0188. The van der Waals surface area contributed by atoms with Crippen LogP contribution in [0, 0.1) is 0 Å². The monoisotopic (exact) mass is 327 g/mol. The first kappa shape index (κ1) is 16.3. The average Bonchev–Trinajstić information content (AvgIpc) is 3.08. The molecule has 6 heteroatoms. The molecule has 0 saturated carbocycles. The van der Waals surface area contributed by atoms with E-state index in [-0.39, 0.29) is 5.69 Å². The third-order valence-corrected chi connectivity index (χ3v) is 4.08. The Kier molecular flexibility index (Phi) is 4.40. The SMILES string of the molecule is CCc1oc2ccccc2c1CN(C)Cc1cn(C)nc1C(=O)O. The van der Waals surface area contributed by atoms with E-state index in [2.05, 4.69) is 23.0 Å². The topological polar surface area (TPSA) is 71.5 Å². The van der Waals surface area contributed by atoms with Crippen molar-refractivity contribution in [3.63, 3.8) is 0 Å². The van der Waals surface area contributed by atoms with Gasteiger partial charge in [-0.25, -0.2) is 4.79 Å². The number of benzene rings is 1. The minimum absolute atomic E-state index is 0.108. The van der Waals surface area contributed by atoms with Gasteiger partial charge in [0.2, 0.25) is 0 Å². The van der Waals surface area contributed by atoms with Crippen LogP contribution in [0.1, 0.15) is 34.3 Å². The molecule has 0 saturated heterocycles. The Morgan fingerprint density at radius 3 is 2.79 bits per heavy atom. The molecule has 126 valence electrons. The molecule has 6 nitrogen and oxygen atoms in total. The van der Waals surface area contributed by atoms with Crippen LogP contribution in [0.4, 0.5) is 0 Å².